The summed E-state index contributed by atoms with van der Waals surface area (Å²) in [5.41, 5.74) is 2.09. The van der Waals surface area contributed by atoms with Crippen LogP contribution in [0.15, 0.2) is 82.0 Å². The number of rotatable bonds is 3. The third-order valence-electron chi connectivity index (χ3n) is 5.70. The molecule has 0 radical (unpaired) electrons. The van der Waals surface area contributed by atoms with Gasteiger partial charge in [0.1, 0.15) is 11.3 Å². The van der Waals surface area contributed by atoms with Gasteiger partial charge in [-0.3, -0.25) is 14.5 Å². The maximum atomic E-state index is 13.6. The molecule has 6 rings (SSSR count). The van der Waals surface area contributed by atoms with Gasteiger partial charge in [-0.1, -0.05) is 47.7 Å². The fraction of sp³-hybridized carbons (Fsp3) is 0.0800. The Kier molecular flexibility index (Phi) is 4.13. The first-order chi connectivity index (χ1) is 15.7. The lowest BCUT2D eigenvalue weighted by Crippen LogP contribution is -2.29. The third-order valence-corrected chi connectivity index (χ3v) is 6.73. The van der Waals surface area contributed by atoms with Gasteiger partial charge in [-0.15, -0.1) is 0 Å². The summed E-state index contributed by atoms with van der Waals surface area (Å²) in [7, 11) is 1.59. The molecule has 0 spiro atoms. The van der Waals surface area contributed by atoms with Crippen molar-refractivity contribution in [2.45, 2.75) is 6.04 Å². The number of anilines is 1. The van der Waals surface area contributed by atoms with Gasteiger partial charge in [0.05, 0.1) is 34.3 Å². The number of hydrogen-bond acceptors (Lipinski definition) is 6. The lowest BCUT2D eigenvalue weighted by Gasteiger charge is -2.22. The van der Waals surface area contributed by atoms with Gasteiger partial charge in [0.25, 0.3) is 5.91 Å². The Morgan fingerprint density at radius 1 is 0.969 bits per heavy atom. The molecule has 0 N–H and O–H groups in total. The highest BCUT2D eigenvalue weighted by Gasteiger charge is 2.45. The number of ether oxygens (including phenoxy) is 1. The van der Waals surface area contributed by atoms with Gasteiger partial charge in [0, 0.05) is 0 Å². The molecular weight excluding hydrogens is 424 g/mol. The molecule has 0 saturated carbocycles. The fourth-order valence-electron chi connectivity index (χ4n) is 4.18. The van der Waals surface area contributed by atoms with Crippen LogP contribution in [-0.2, 0) is 0 Å². The zero-order chi connectivity index (χ0) is 21.8. The lowest BCUT2D eigenvalue weighted by molar-refractivity contribution is 0.0971. The average molecular weight is 440 g/mol. The van der Waals surface area contributed by atoms with E-state index in [-0.39, 0.29) is 17.1 Å². The Morgan fingerprint density at radius 3 is 2.50 bits per heavy atom. The number of aromatic nitrogens is 1. The van der Waals surface area contributed by atoms with Crippen LogP contribution in [0.3, 0.4) is 0 Å². The lowest BCUT2D eigenvalue weighted by atomic mass is 9.98. The van der Waals surface area contributed by atoms with Crippen molar-refractivity contribution in [1.82, 2.24) is 4.98 Å². The van der Waals surface area contributed by atoms with E-state index in [2.05, 4.69) is 0 Å². The molecule has 1 amide bonds. The number of nitrogens with zero attached hydrogens (tertiary/aromatic N) is 2. The van der Waals surface area contributed by atoms with Crippen LogP contribution in [0.2, 0.25) is 0 Å². The number of methoxy groups -OCH3 is 1. The first-order valence-corrected chi connectivity index (χ1v) is 10.9. The Bertz CT molecular complexity index is 1540. The third kappa shape index (κ3) is 2.68. The van der Waals surface area contributed by atoms with Crippen molar-refractivity contribution < 1.29 is 13.9 Å². The van der Waals surface area contributed by atoms with E-state index < -0.39 is 6.04 Å². The van der Waals surface area contributed by atoms with E-state index in [4.69, 9.17) is 14.1 Å². The molecule has 0 bridgehead atoms. The molecule has 0 unspecified atom stereocenters. The number of para-hydroxylation sites is 2. The van der Waals surface area contributed by atoms with Gasteiger partial charge in [-0.25, -0.2) is 4.98 Å². The van der Waals surface area contributed by atoms with Crippen LogP contribution in [-0.4, -0.2) is 18.0 Å². The van der Waals surface area contributed by atoms with Gasteiger partial charge in [0.15, 0.2) is 10.6 Å². The summed E-state index contributed by atoms with van der Waals surface area (Å²) in [5, 5.41) is 0.968. The molecule has 7 heteroatoms. The summed E-state index contributed by atoms with van der Waals surface area (Å²) >= 11 is 1.41. The van der Waals surface area contributed by atoms with Crippen LogP contribution in [0.5, 0.6) is 5.75 Å². The monoisotopic (exact) mass is 440 g/mol. The minimum atomic E-state index is -0.648. The highest BCUT2D eigenvalue weighted by Crippen LogP contribution is 2.43. The summed E-state index contributed by atoms with van der Waals surface area (Å²) in [6.07, 6.45) is 0. The van der Waals surface area contributed by atoms with Gasteiger partial charge in [0.2, 0.25) is 5.76 Å². The molecule has 0 saturated heterocycles. The van der Waals surface area contributed by atoms with Crippen molar-refractivity contribution in [1.29, 1.82) is 0 Å². The predicted octanol–water partition coefficient (Wildman–Crippen LogP) is 5.16. The zero-order valence-corrected chi connectivity index (χ0v) is 17.8. The van der Waals surface area contributed by atoms with Gasteiger partial charge < -0.3 is 9.15 Å². The van der Waals surface area contributed by atoms with Crippen molar-refractivity contribution in [2.24, 2.45) is 0 Å². The van der Waals surface area contributed by atoms with Crippen LogP contribution < -0.4 is 15.1 Å². The first-order valence-electron chi connectivity index (χ1n) is 10.0. The smallest absolute Gasteiger partial charge is 0.297 e. The van der Waals surface area contributed by atoms with Crippen molar-refractivity contribution in [3.05, 3.63) is 99.9 Å². The molecule has 3 heterocycles. The molecule has 6 nitrogen and oxygen atoms in total. The Labute approximate surface area is 186 Å². The van der Waals surface area contributed by atoms with Gasteiger partial charge >= 0.3 is 0 Å². The number of thiazole rings is 1. The number of hydrogen-bond donors (Lipinski definition) is 0. The van der Waals surface area contributed by atoms with E-state index in [0.717, 1.165) is 15.8 Å². The molecule has 5 aromatic rings. The van der Waals surface area contributed by atoms with Crippen LogP contribution in [0.25, 0.3) is 21.2 Å². The molecule has 156 valence electrons. The second-order valence-electron chi connectivity index (χ2n) is 7.49. The molecule has 0 aliphatic carbocycles. The Morgan fingerprint density at radius 2 is 1.72 bits per heavy atom. The molecule has 1 aliphatic heterocycles. The summed E-state index contributed by atoms with van der Waals surface area (Å²) in [5.74, 6) is 0.381. The quantitative estimate of drug-likeness (QED) is 0.387. The predicted molar refractivity (Wildman–Crippen MR) is 124 cm³/mol. The van der Waals surface area contributed by atoms with Gasteiger partial charge in [-0.2, -0.15) is 0 Å². The van der Waals surface area contributed by atoms with Crippen molar-refractivity contribution in [2.75, 3.05) is 12.0 Å². The van der Waals surface area contributed by atoms with E-state index in [1.807, 2.05) is 48.5 Å². The fourth-order valence-corrected chi connectivity index (χ4v) is 5.17. The maximum absolute atomic E-state index is 13.6. The number of benzene rings is 3. The molecule has 32 heavy (non-hydrogen) atoms. The number of carbonyl (C=O) groups excluding carboxylic acids is 1. The molecule has 2 aromatic heterocycles. The average Bonchev–Trinajstić information content (AvgIpc) is 3.38. The Balaban J connectivity index is 1.63. The number of carbonyl (C=O) groups is 1. The Hall–Kier alpha value is -3.97. The van der Waals surface area contributed by atoms with Crippen LogP contribution in [0.1, 0.15) is 27.7 Å². The van der Waals surface area contributed by atoms with Crippen LogP contribution in [0.4, 0.5) is 5.13 Å². The first kappa shape index (κ1) is 18.8. The number of amides is 1. The summed E-state index contributed by atoms with van der Waals surface area (Å²) < 4.78 is 12.2. The van der Waals surface area contributed by atoms with Gasteiger partial charge in [-0.05, 0) is 42.0 Å². The zero-order valence-electron chi connectivity index (χ0n) is 16.9. The van der Waals surface area contributed by atoms with Crippen LogP contribution >= 0.6 is 11.3 Å². The topological polar surface area (TPSA) is 72.6 Å². The standard InChI is InChI=1S/C25H16N2O4S/c1-30-15-12-10-14(11-13-15)21-20-22(28)16-6-2-4-8-18(16)31-23(20)24(29)27(21)25-26-17-7-3-5-9-19(17)32-25/h2-13,21H,1H3/t21-/m0/s1. The molecule has 3 aromatic carbocycles. The molecule has 1 aliphatic rings. The summed E-state index contributed by atoms with van der Waals surface area (Å²) in [6.45, 7) is 0. The summed E-state index contributed by atoms with van der Waals surface area (Å²) in [4.78, 5) is 33.4. The summed E-state index contributed by atoms with van der Waals surface area (Å²) in [6, 6.07) is 21.4. The largest absolute Gasteiger partial charge is 0.497 e. The normalized spacial score (nSPS) is 15.5. The van der Waals surface area contributed by atoms with Crippen molar-refractivity contribution in [3.8, 4) is 5.75 Å². The van der Waals surface area contributed by atoms with Crippen molar-refractivity contribution in [3.63, 3.8) is 0 Å². The molecular formula is C25H16N2O4S. The number of fused-ring (bicyclic) bond motifs is 3. The van der Waals surface area contributed by atoms with E-state index >= 15 is 0 Å². The van der Waals surface area contributed by atoms with E-state index in [1.165, 1.54) is 11.3 Å². The molecule has 1 atom stereocenters. The van der Waals surface area contributed by atoms with E-state index in [0.29, 0.717) is 27.4 Å². The highest BCUT2D eigenvalue weighted by atomic mass is 32.1. The highest BCUT2D eigenvalue weighted by molar-refractivity contribution is 7.22. The van der Waals surface area contributed by atoms with E-state index in [1.54, 1.807) is 36.3 Å². The van der Waals surface area contributed by atoms with Crippen LogP contribution in [0, 0.1) is 0 Å². The minimum Gasteiger partial charge on any atom is -0.497 e. The SMILES string of the molecule is COc1ccc([C@H]2c3c(oc4ccccc4c3=O)C(=O)N2c2nc3ccccc3s2)cc1. The maximum Gasteiger partial charge on any atom is 0.297 e. The van der Waals surface area contributed by atoms with Crippen molar-refractivity contribution >= 4 is 43.6 Å². The second kappa shape index (κ2) is 7.03. The second-order valence-corrected chi connectivity index (χ2v) is 8.49. The minimum absolute atomic E-state index is 0.0637. The van der Waals surface area contributed by atoms with E-state index in [9.17, 15) is 9.59 Å². The molecule has 0 fully saturated rings.